The second-order valence-corrected chi connectivity index (χ2v) is 3.90. The van der Waals surface area contributed by atoms with E-state index in [0.29, 0.717) is 17.4 Å². The van der Waals surface area contributed by atoms with Crippen LogP contribution in [0.25, 0.3) is 5.76 Å². The predicted octanol–water partition coefficient (Wildman–Crippen LogP) is 2.37. The Balaban J connectivity index is 2.32. The molecule has 0 bridgehead atoms. The van der Waals surface area contributed by atoms with Crippen LogP contribution < -0.4 is 0 Å². The van der Waals surface area contributed by atoms with E-state index in [1.807, 2.05) is 19.9 Å². The molecule has 0 atom stereocenters. The van der Waals surface area contributed by atoms with Gasteiger partial charge in [0.2, 0.25) is 0 Å². The Morgan fingerprint density at radius 2 is 2.14 bits per heavy atom. The standard InChI is InChI=1S/C10H12N2O2/c1-7-11-5-9(13-7)8-4-10(2,3)6-12-14-8/h4-6H,1-3H3. The first-order chi connectivity index (χ1) is 6.57. The van der Waals surface area contributed by atoms with E-state index in [2.05, 4.69) is 10.1 Å². The summed E-state index contributed by atoms with van der Waals surface area (Å²) in [7, 11) is 0. The van der Waals surface area contributed by atoms with Crippen molar-refractivity contribution in [2.24, 2.45) is 10.6 Å². The van der Waals surface area contributed by atoms with Crippen LogP contribution in [0.4, 0.5) is 0 Å². The van der Waals surface area contributed by atoms with E-state index in [-0.39, 0.29) is 5.41 Å². The highest BCUT2D eigenvalue weighted by molar-refractivity contribution is 5.73. The molecule has 14 heavy (non-hydrogen) atoms. The fourth-order valence-electron chi connectivity index (χ4n) is 1.21. The average Bonchev–Trinajstić information content (AvgIpc) is 2.50. The summed E-state index contributed by atoms with van der Waals surface area (Å²) < 4.78 is 5.34. The lowest BCUT2D eigenvalue weighted by atomic mass is 9.93. The quantitative estimate of drug-likeness (QED) is 0.686. The number of oxime groups is 1. The van der Waals surface area contributed by atoms with Crippen LogP contribution in [0.3, 0.4) is 0 Å². The van der Waals surface area contributed by atoms with Crippen LogP contribution in [0.15, 0.2) is 21.8 Å². The summed E-state index contributed by atoms with van der Waals surface area (Å²) in [5, 5.41) is 3.82. The van der Waals surface area contributed by atoms with Gasteiger partial charge >= 0.3 is 0 Å². The molecule has 0 aliphatic carbocycles. The van der Waals surface area contributed by atoms with Gasteiger partial charge in [-0.05, 0) is 6.08 Å². The molecule has 0 saturated carbocycles. The van der Waals surface area contributed by atoms with Gasteiger partial charge in [-0.2, -0.15) is 0 Å². The molecule has 0 saturated heterocycles. The summed E-state index contributed by atoms with van der Waals surface area (Å²) in [4.78, 5) is 9.11. The molecule has 2 heterocycles. The molecule has 0 unspecified atom stereocenters. The van der Waals surface area contributed by atoms with Crippen molar-refractivity contribution >= 4 is 12.0 Å². The Morgan fingerprint density at radius 1 is 1.36 bits per heavy atom. The predicted molar refractivity (Wildman–Crippen MR) is 52.6 cm³/mol. The minimum Gasteiger partial charge on any atom is -0.438 e. The zero-order valence-electron chi connectivity index (χ0n) is 8.44. The largest absolute Gasteiger partial charge is 0.438 e. The summed E-state index contributed by atoms with van der Waals surface area (Å²) in [6, 6.07) is 0. The molecule has 74 valence electrons. The first kappa shape index (κ1) is 8.99. The van der Waals surface area contributed by atoms with Crippen LogP contribution in [0.5, 0.6) is 0 Å². The normalized spacial score (nSPS) is 18.9. The van der Waals surface area contributed by atoms with Crippen molar-refractivity contribution in [2.45, 2.75) is 20.8 Å². The third-order valence-electron chi connectivity index (χ3n) is 1.90. The van der Waals surface area contributed by atoms with E-state index in [1.165, 1.54) is 0 Å². The summed E-state index contributed by atoms with van der Waals surface area (Å²) in [5.74, 6) is 1.86. The van der Waals surface area contributed by atoms with Crippen LogP contribution in [0.2, 0.25) is 0 Å². The number of aromatic nitrogens is 1. The van der Waals surface area contributed by atoms with Crippen LogP contribution >= 0.6 is 0 Å². The Labute approximate surface area is 82.3 Å². The number of rotatable bonds is 1. The number of allylic oxidation sites excluding steroid dienone is 1. The van der Waals surface area contributed by atoms with E-state index in [0.717, 1.165) is 0 Å². The average molecular weight is 192 g/mol. The molecule has 4 nitrogen and oxygen atoms in total. The molecular weight excluding hydrogens is 180 g/mol. The number of aryl methyl sites for hydroxylation is 1. The van der Waals surface area contributed by atoms with Gasteiger partial charge in [0.25, 0.3) is 0 Å². The zero-order valence-corrected chi connectivity index (χ0v) is 8.44. The SMILES string of the molecule is Cc1ncc(C2=CC(C)(C)C=NO2)o1. The van der Waals surface area contributed by atoms with Gasteiger partial charge in [-0.25, -0.2) is 4.98 Å². The second-order valence-electron chi connectivity index (χ2n) is 3.90. The number of oxazole rings is 1. The van der Waals surface area contributed by atoms with E-state index < -0.39 is 0 Å². The van der Waals surface area contributed by atoms with E-state index >= 15 is 0 Å². The molecule has 0 aromatic carbocycles. The molecule has 0 radical (unpaired) electrons. The second kappa shape index (κ2) is 2.97. The lowest BCUT2D eigenvalue weighted by molar-refractivity contribution is 0.272. The third kappa shape index (κ3) is 1.69. The Bertz CT molecular complexity index is 402. The van der Waals surface area contributed by atoms with Gasteiger partial charge in [-0.15, -0.1) is 0 Å². The van der Waals surface area contributed by atoms with Gasteiger partial charge in [0.05, 0.1) is 12.4 Å². The molecule has 0 spiro atoms. The first-order valence-electron chi connectivity index (χ1n) is 4.44. The lowest BCUT2D eigenvalue weighted by Crippen LogP contribution is -2.14. The van der Waals surface area contributed by atoms with Crippen molar-refractivity contribution in [3.8, 4) is 0 Å². The van der Waals surface area contributed by atoms with Gasteiger partial charge in [0, 0.05) is 12.3 Å². The minimum atomic E-state index is -0.103. The molecule has 4 heteroatoms. The maximum atomic E-state index is 5.34. The highest BCUT2D eigenvalue weighted by Crippen LogP contribution is 2.27. The van der Waals surface area contributed by atoms with Crippen molar-refractivity contribution in [2.75, 3.05) is 0 Å². The monoisotopic (exact) mass is 192 g/mol. The summed E-state index contributed by atoms with van der Waals surface area (Å²) in [6.07, 6.45) is 5.35. The van der Waals surface area contributed by atoms with Crippen molar-refractivity contribution < 1.29 is 9.25 Å². The summed E-state index contributed by atoms with van der Waals surface area (Å²) >= 11 is 0. The lowest BCUT2D eigenvalue weighted by Gasteiger charge is -2.18. The molecule has 1 aliphatic heterocycles. The first-order valence-corrected chi connectivity index (χ1v) is 4.44. The molecule has 2 rings (SSSR count). The molecule has 0 fully saturated rings. The summed E-state index contributed by atoms with van der Waals surface area (Å²) in [6.45, 7) is 5.88. The molecule has 0 amide bonds. The maximum Gasteiger partial charge on any atom is 0.199 e. The van der Waals surface area contributed by atoms with Crippen LogP contribution in [-0.2, 0) is 4.84 Å². The van der Waals surface area contributed by atoms with E-state index in [4.69, 9.17) is 9.25 Å². The Kier molecular flexibility index (Phi) is 1.91. The molecule has 1 aliphatic rings. The summed E-state index contributed by atoms with van der Waals surface area (Å²) in [5.41, 5.74) is -0.103. The minimum absolute atomic E-state index is 0.103. The van der Waals surface area contributed by atoms with E-state index in [1.54, 1.807) is 19.3 Å². The molecule has 0 N–H and O–H groups in total. The highest BCUT2D eigenvalue weighted by Gasteiger charge is 2.21. The zero-order chi connectivity index (χ0) is 10.2. The maximum absolute atomic E-state index is 5.34. The molecular formula is C10H12N2O2. The van der Waals surface area contributed by atoms with Crippen molar-refractivity contribution in [1.29, 1.82) is 0 Å². The third-order valence-corrected chi connectivity index (χ3v) is 1.90. The van der Waals surface area contributed by atoms with Crippen LogP contribution in [0.1, 0.15) is 25.5 Å². The van der Waals surface area contributed by atoms with Crippen molar-refractivity contribution in [1.82, 2.24) is 4.98 Å². The number of hydrogen-bond donors (Lipinski definition) is 0. The number of hydrogen-bond acceptors (Lipinski definition) is 4. The van der Waals surface area contributed by atoms with E-state index in [9.17, 15) is 0 Å². The highest BCUT2D eigenvalue weighted by atomic mass is 16.6. The molecule has 1 aromatic heterocycles. The van der Waals surface area contributed by atoms with Crippen LogP contribution in [-0.4, -0.2) is 11.2 Å². The Morgan fingerprint density at radius 3 is 2.71 bits per heavy atom. The molecule has 1 aromatic rings. The van der Waals surface area contributed by atoms with Crippen molar-refractivity contribution in [3.05, 3.63) is 23.9 Å². The van der Waals surface area contributed by atoms with Gasteiger partial charge in [-0.3, -0.25) is 0 Å². The fraction of sp³-hybridized carbons (Fsp3) is 0.400. The van der Waals surface area contributed by atoms with Gasteiger partial charge in [0.1, 0.15) is 0 Å². The topological polar surface area (TPSA) is 47.6 Å². The van der Waals surface area contributed by atoms with Gasteiger partial charge in [0.15, 0.2) is 17.4 Å². The van der Waals surface area contributed by atoms with Crippen molar-refractivity contribution in [3.63, 3.8) is 0 Å². The van der Waals surface area contributed by atoms with Gasteiger partial charge in [-0.1, -0.05) is 19.0 Å². The van der Waals surface area contributed by atoms with Crippen LogP contribution in [0, 0.1) is 12.3 Å². The smallest absolute Gasteiger partial charge is 0.199 e. The van der Waals surface area contributed by atoms with Gasteiger partial charge < -0.3 is 9.25 Å². The fourth-order valence-corrected chi connectivity index (χ4v) is 1.21. The Hall–Kier alpha value is -1.58. The number of nitrogens with zero attached hydrogens (tertiary/aromatic N) is 2.